The van der Waals surface area contributed by atoms with Crippen molar-refractivity contribution in [2.45, 2.75) is 0 Å². The minimum Gasteiger partial charge on any atom is -0.458 e. The van der Waals surface area contributed by atoms with E-state index >= 15 is 0 Å². The SMILES string of the molecule is c1ccc(-n2c3ccccc3n3c4c(ccc5c4c4ccccc4n5-c4cc5c6c(c4)Oc4ccccc4B6c4ccccc4O5)nc23)cc1. The number of nitrogens with zero attached hydrogens (tertiary/aromatic N) is 4. The van der Waals surface area contributed by atoms with E-state index in [1.807, 2.05) is 12.1 Å². The van der Waals surface area contributed by atoms with Crippen molar-refractivity contribution in [1.82, 2.24) is 18.5 Å². The lowest BCUT2D eigenvalue weighted by atomic mass is 9.35. The van der Waals surface area contributed by atoms with Gasteiger partial charge in [0.25, 0.3) is 6.71 Å². The van der Waals surface area contributed by atoms with Crippen LogP contribution in [0.1, 0.15) is 0 Å². The quantitative estimate of drug-likeness (QED) is 0.179. The number of aromatic nitrogens is 4. The molecule has 0 saturated heterocycles. The van der Waals surface area contributed by atoms with Crippen molar-refractivity contribution in [2.75, 3.05) is 0 Å². The van der Waals surface area contributed by atoms with E-state index in [0.717, 1.165) is 100 Å². The Morgan fingerprint density at radius 2 is 1.10 bits per heavy atom. The summed E-state index contributed by atoms with van der Waals surface area (Å²) in [5, 5.41) is 2.32. The second-order valence-electron chi connectivity index (χ2n) is 13.2. The summed E-state index contributed by atoms with van der Waals surface area (Å²) >= 11 is 0. The van der Waals surface area contributed by atoms with Gasteiger partial charge in [0.15, 0.2) is 0 Å². The molecule has 6 nitrogen and oxygen atoms in total. The fraction of sp³-hybridized carbons (Fsp3) is 0. The number of hydrogen-bond donors (Lipinski definition) is 0. The Morgan fingerprint density at radius 3 is 1.84 bits per heavy atom. The number of benzene rings is 7. The maximum Gasteiger partial charge on any atom is 0.260 e. The standard InChI is InChI=1S/C43H25BN4O2/c1-2-12-26(13-3-1)47-33-18-8-9-19-34(33)48-42-31(45-43(47)48)22-23-35-40(42)28-14-4-7-17-32(28)46(35)27-24-38-41-39(25-27)50-37-21-11-6-16-30(37)44(41)29-15-5-10-20-36(29)49-38/h1-25H. The maximum absolute atomic E-state index is 6.70. The highest BCUT2D eigenvalue weighted by Crippen LogP contribution is 2.42. The highest BCUT2D eigenvalue weighted by atomic mass is 16.5. The number of para-hydroxylation sites is 6. The highest BCUT2D eigenvalue weighted by Gasteiger charge is 2.40. The Balaban J connectivity index is 1.18. The predicted molar refractivity (Wildman–Crippen MR) is 202 cm³/mol. The van der Waals surface area contributed by atoms with E-state index in [-0.39, 0.29) is 6.71 Å². The van der Waals surface area contributed by atoms with Gasteiger partial charge in [-0.1, -0.05) is 84.9 Å². The fourth-order valence-electron chi connectivity index (χ4n) is 8.55. The molecule has 0 N–H and O–H groups in total. The molecule has 2 aliphatic rings. The van der Waals surface area contributed by atoms with Crippen LogP contribution in [-0.4, -0.2) is 25.2 Å². The van der Waals surface area contributed by atoms with Gasteiger partial charge in [0, 0.05) is 34.1 Å². The minimum atomic E-state index is 0.0312. The minimum absolute atomic E-state index is 0.0312. The molecule has 0 radical (unpaired) electrons. The Hall–Kier alpha value is -6.73. The molecule has 12 rings (SSSR count). The molecule has 3 aromatic heterocycles. The molecule has 0 atom stereocenters. The van der Waals surface area contributed by atoms with E-state index in [2.05, 4.69) is 153 Å². The topological polar surface area (TPSA) is 45.6 Å². The van der Waals surface area contributed by atoms with Crippen LogP contribution in [0.15, 0.2) is 152 Å². The van der Waals surface area contributed by atoms with Gasteiger partial charge in [-0.25, -0.2) is 4.98 Å². The summed E-state index contributed by atoms with van der Waals surface area (Å²) in [6.45, 7) is 0.0312. The van der Waals surface area contributed by atoms with Crippen LogP contribution in [0.2, 0.25) is 0 Å². The molecular weight excluding hydrogens is 615 g/mol. The van der Waals surface area contributed by atoms with Gasteiger partial charge in [-0.05, 0) is 65.5 Å². The average molecular weight is 641 g/mol. The van der Waals surface area contributed by atoms with Gasteiger partial charge in [-0.2, -0.15) is 0 Å². The first-order chi connectivity index (χ1) is 24.8. The second kappa shape index (κ2) is 9.46. The van der Waals surface area contributed by atoms with E-state index in [1.54, 1.807) is 0 Å². The number of imidazole rings is 2. The van der Waals surface area contributed by atoms with Crippen molar-refractivity contribution >= 4 is 72.8 Å². The van der Waals surface area contributed by atoms with E-state index < -0.39 is 0 Å². The molecule has 0 fully saturated rings. The molecule has 7 aromatic carbocycles. The third-order valence-corrected chi connectivity index (χ3v) is 10.5. The molecule has 0 saturated carbocycles. The lowest BCUT2D eigenvalue weighted by molar-refractivity contribution is 0.464. The predicted octanol–water partition coefficient (Wildman–Crippen LogP) is 8.26. The third kappa shape index (κ3) is 3.31. The average Bonchev–Trinajstić information content (AvgIpc) is 3.81. The Bertz CT molecular complexity index is 2990. The molecule has 10 aromatic rings. The molecule has 50 heavy (non-hydrogen) atoms. The first-order valence-corrected chi connectivity index (χ1v) is 16.9. The Labute approximate surface area is 286 Å². The Kier molecular flexibility index (Phi) is 4.96. The highest BCUT2D eigenvalue weighted by molar-refractivity contribution is 6.98. The lowest BCUT2D eigenvalue weighted by Gasteiger charge is -2.33. The summed E-state index contributed by atoms with van der Waals surface area (Å²) in [4.78, 5) is 5.29. The van der Waals surface area contributed by atoms with Crippen molar-refractivity contribution in [2.24, 2.45) is 0 Å². The first kappa shape index (κ1) is 26.3. The van der Waals surface area contributed by atoms with Gasteiger partial charge < -0.3 is 14.0 Å². The first-order valence-electron chi connectivity index (χ1n) is 16.9. The van der Waals surface area contributed by atoms with E-state index in [0.29, 0.717) is 0 Å². The number of ether oxygens (including phenoxy) is 2. The lowest BCUT2D eigenvalue weighted by Crippen LogP contribution is -2.57. The van der Waals surface area contributed by atoms with E-state index in [4.69, 9.17) is 14.5 Å². The van der Waals surface area contributed by atoms with Gasteiger partial charge >= 0.3 is 0 Å². The van der Waals surface area contributed by atoms with Crippen LogP contribution < -0.4 is 25.9 Å². The van der Waals surface area contributed by atoms with Crippen molar-refractivity contribution in [3.8, 4) is 34.4 Å². The molecule has 0 bridgehead atoms. The van der Waals surface area contributed by atoms with Crippen molar-refractivity contribution in [1.29, 1.82) is 0 Å². The molecule has 232 valence electrons. The zero-order valence-electron chi connectivity index (χ0n) is 26.6. The van der Waals surface area contributed by atoms with Gasteiger partial charge in [0.1, 0.15) is 23.0 Å². The third-order valence-electron chi connectivity index (χ3n) is 10.5. The van der Waals surface area contributed by atoms with Crippen LogP contribution in [0.4, 0.5) is 0 Å². The van der Waals surface area contributed by atoms with Crippen molar-refractivity contribution in [3.63, 3.8) is 0 Å². The summed E-state index contributed by atoms with van der Waals surface area (Å²) < 4.78 is 20.3. The van der Waals surface area contributed by atoms with Crippen LogP contribution in [-0.2, 0) is 0 Å². The summed E-state index contributed by atoms with van der Waals surface area (Å²) in [5.41, 5.74) is 11.9. The van der Waals surface area contributed by atoms with E-state index in [9.17, 15) is 0 Å². The van der Waals surface area contributed by atoms with Gasteiger partial charge in [-0.3, -0.25) is 8.97 Å². The van der Waals surface area contributed by atoms with Crippen LogP contribution in [0, 0.1) is 0 Å². The Morgan fingerprint density at radius 1 is 0.480 bits per heavy atom. The van der Waals surface area contributed by atoms with Crippen molar-refractivity contribution < 1.29 is 9.47 Å². The largest absolute Gasteiger partial charge is 0.458 e. The number of rotatable bonds is 2. The molecule has 2 aliphatic heterocycles. The zero-order valence-corrected chi connectivity index (χ0v) is 26.6. The van der Waals surface area contributed by atoms with Gasteiger partial charge in [0.05, 0.1) is 38.8 Å². The summed E-state index contributed by atoms with van der Waals surface area (Å²) in [5.74, 6) is 4.29. The molecule has 0 spiro atoms. The fourth-order valence-corrected chi connectivity index (χ4v) is 8.55. The van der Waals surface area contributed by atoms with Gasteiger partial charge in [-0.15, -0.1) is 0 Å². The summed E-state index contributed by atoms with van der Waals surface area (Å²) in [7, 11) is 0. The van der Waals surface area contributed by atoms with Crippen LogP contribution in [0.3, 0.4) is 0 Å². The number of fused-ring (bicyclic) bond motifs is 13. The van der Waals surface area contributed by atoms with Crippen LogP contribution >= 0.6 is 0 Å². The van der Waals surface area contributed by atoms with Crippen LogP contribution in [0.5, 0.6) is 23.0 Å². The monoisotopic (exact) mass is 640 g/mol. The summed E-state index contributed by atoms with van der Waals surface area (Å²) in [6, 6.07) is 53.2. The van der Waals surface area contributed by atoms with Crippen molar-refractivity contribution in [3.05, 3.63) is 152 Å². The molecule has 5 heterocycles. The van der Waals surface area contributed by atoms with Gasteiger partial charge in [0.2, 0.25) is 5.78 Å². The number of hydrogen-bond acceptors (Lipinski definition) is 3. The molecule has 7 heteroatoms. The summed E-state index contributed by atoms with van der Waals surface area (Å²) in [6.07, 6.45) is 0. The van der Waals surface area contributed by atoms with Crippen LogP contribution in [0.25, 0.3) is 61.0 Å². The second-order valence-corrected chi connectivity index (χ2v) is 13.2. The molecule has 0 unspecified atom stereocenters. The van der Waals surface area contributed by atoms with E-state index in [1.165, 1.54) is 0 Å². The molecular formula is C43H25BN4O2. The smallest absolute Gasteiger partial charge is 0.260 e. The molecule has 0 aliphatic carbocycles. The normalized spacial score (nSPS) is 13.1. The maximum atomic E-state index is 6.70. The zero-order chi connectivity index (χ0) is 32.5. The molecule has 0 amide bonds.